The third kappa shape index (κ3) is 0.940. The van der Waals surface area contributed by atoms with E-state index in [2.05, 4.69) is 4.90 Å². The van der Waals surface area contributed by atoms with Crippen LogP contribution in [0.5, 0.6) is 5.75 Å². The van der Waals surface area contributed by atoms with Crippen molar-refractivity contribution in [3.8, 4) is 5.75 Å². The summed E-state index contributed by atoms with van der Waals surface area (Å²) in [6.45, 7) is 1.70. The highest BCUT2D eigenvalue weighted by Gasteiger charge is 2.19. The van der Waals surface area contributed by atoms with Gasteiger partial charge in [-0.15, -0.1) is 0 Å². The number of hydrogen-bond donors (Lipinski definition) is 2. The third-order valence-electron chi connectivity index (χ3n) is 2.28. The molecule has 1 heterocycles. The van der Waals surface area contributed by atoms with Gasteiger partial charge in [-0.3, -0.25) is 4.90 Å². The van der Waals surface area contributed by atoms with Crippen LogP contribution in [0.15, 0.2) is 12.1 Å². The van der Waals surface area contributed by atoms with Gasteiger partial charge >= 0.3 is 0 Å². The lowest BCUT2D eigenvalue weighted by Gasteiger charge is -2.04. The van der Waals surface area contributed by atoms with Gasteiger partial charge in [-0.2, -0.15) is 0 Å². The first-order chi connectivity index (χ1) is 5.68. The van der Waals surface area contributed by atoms with Crippen LogP contribution in [-0.4, -0.2) is 17.1 Å². The van der Waals surface area contributed by atoms with Crippen molar-refractivity contribution in [1.29, 1.82) is 0 Å². The fourth-order valence-electron chi connectivity index (χ4n) is 1.64. The average Bonchev–Trinajstić information content (AvgIpc) is 2.39. The molecule has 0 radical (unpaired) electrons. The van der Waals surface area contributed by atoms with Crippen LogP contribution < -0.4 is 5.73 Å². The normalized spacial score (nSPS) is 16.4. The van der Waals surface area contributed by atoms with Gasteiger partial charge in [-0.1, -0.05) is 6.07 Å². The Balaban J connectivity index is 2.54. The summed E-state index contributed by atoms with van der Waals surface area (Å²) in [7, 11) is 2.02. The van der Waals surface area contributed by atoms with Crippen molar-refractivity contribution in [2.24, 2.45) is 0 Å². The van der Waals surface area contributed by atoms with E-state index in [0.29, 0.717) is 5.69 Å². The maximum absolute atomic E-state index is 9.58. The lowest BCUT2D eigenvalue weighted by molar-refractivity contribution is 0.349. The molecule has 0 fully saturated rings. The average molecular weight is 164 g/mol. The van der Waals surface area contributed by atoms with Crippen LogP contribution in [0.1, 0.15) is 11.1 Å². The summed E-state index contributed by atoms with van der Waals surface area (Å²) in [5.41, 5.74) is 8.21. The minimum Gasteiger partial charge on any atom is -0.505 e. The van der Waals surface area contributed by atoms with Gasteiger partial charge in [0.2, 0.25) is 0 Å². The maximum Gasteiger partial charge on any atom is 0.143 e. The van der Waals surface area contributed by atoms with Crippen molar-refractivity contribution in [2.45, 2.75) is 13.1 Å². The standard InChI is InChI=1S/C9H12N2O/c1-11-4-6-2-3-8(10)9(12)7(6)5-11/h2-3,12H,4-5,10H2,1H3. The Bertz CT molecular complexity index is 323. The van der Waals surface area contributed by atoms with Crippen LogP contribution in [0.3, 0.4) is 0 Å². The summed E-state index contributed by atoms with van der Waals surface area (Å²) in [6, 6.07) is 3.74. The van der Waals surface area contributed by atoms with Crippen LogP contribution in [-0.2, 0) is 13.1 Å². The van der Waals surface area contributed by atoms with Gasteiger partial charge in [0.25, 0.3) is 0 Å². The predicted molar refractivity (Wildman–Crippen MR) is 47.7 cm³/mol. The molecule has 0 aromatic heterocycles. The Morgan fingerprint density at radius 2 is 2.17 bits per heavy atom. The number of phenols is 1. The summed E-state index contributed by atoms with van der Waals surface area (Å²) in [6.07, 6.45) is 0. The Kier molecular flexibility index (Phi) is 1.48. The van der Waals surface area contributed by atoms with Crippen molar-refractivity contribution in [3.63, 3.8) is 0 Å². The lowest BCUT2D eigenvalue weighted by Crippen LogP contribution is -2.07. The summed E-state index contributed by atoms with van der Waals surface area (Å²) in [4.78, 5) is 2.14. The Morgan fingerprint density at radius 3 is 2.92 bits per heavy atom. The molecular formula is C9H12N2O. The van der Waals surface area contributed by atoms with Gasteiger partial charge in [-0.25, -0.2) is 0 Å². The van der Waals surface area contributed by atoms with Crippen molar-refractivity contribution in [1.82, 2.24) is 4.90 Å². The molecule has 3 nitrogen and oxygen atoms in total. The molecule has 2 rings (SSSR count). The number of hydrogen-bond acceptors (Lipinski definition) is 3. The van der Waals surface area contributed by atoms with E-state index in [1.54, 1.807) is 6.07 Å². The van der Waals surface area contributed by atoms with Crippen molar-refractivity contribution >= 4 is 5.69 Å². The first-order valence-electron chi connectivity index (χ1n) is 3.96. The van der Waals surface area contributed by atoms with Gasteiger partial charge < -0.3 is 10.8 Å². The zero-order valence-corrected chi connectivity index (χ0v) is 7.04. The Morgan fingerprint density at radius 1 is 1.42 bits per heavy atom. The molecule has 3 N–H and O–H groups in total. The molecule has 0 bridgehead atoms. The van der Waals surface area contributed by atoms with Crippen LogP contribution in [0.25, 0.3) is 0 Å². The molecule has 0 spiro atoms. The number of nitrogen functional groups attached to an aromatic ring is 1. The quantitative estimate of drug-likeness (QED) is 0.443. The third-order valence-corrected chi connectivity index (χ3v) is 2.28. The first-order valence-corrected chi connectivity index (χ1v) is 3.96. The lowest BCUT2D eigenvalue weighted by atomic mass is 10.1. The number of fused-ring (bicyclic) bond motifs is 1. The molecule has 0 saturated heterocycles. The summed E-state index contributed by atoms with van der Waals surface area (Å²) >= 11 is 0. The Labute approximate surface area is 71.4 Å². The number of rotatable bonds is 0. The van der Waals surface area contributed by atoms with Crippen LogP contribution in [0.2, 0.25) is 0 Å². The van der Waals surface area contributed by atoms with Gasteiger partial charge in [0.1, 0.15) is 5.75 Å². The number of nitrogens with zero attached hydrogens (tertiary/aromatic N) is 1. The Hall–Kier alpha value is -1.22. The predicted octanol–water partition coefficient (Wildman–Crippen LogP) is 0.920. The molecule has 1 aromatic rings. The largest absolute Gasteiger partial charge is 0.505 e. The SMILES string of the molecule is CN1Cc2ccc(N)c(O)c2C1. The van der Waals surface area contributed by atoms with Gasteiger partial charge in [0.05, 0.1) is 5.69 Å². The maximum atomic E-state index is 9.58. The molecule has 0 unspecified atom stereocenters. The van der Waals surface area contributed by atoms with E-state index in [9.17, 15) is 5.11 Å². The molecule has 0 amide bonds. The topological polar surface area (TPSA) is 49.5 Å². The molecule has 12 heavy (non-hydrogen) atoms. The van der Waals surface area contributed by atoms with E-state index < -0.39 is 0 Å². The molecule has 1 aliphatic rings. The van der Waals surface area contributed by atoms with Crippen LogP contribution >= 0.6 is 0 Å². The smallest absolute Gasteiger partial charge is 0.143 e. The van der Waals surface area contributed by atoms with E-state index in [-0.39, 0.29) is 5.75 Å². The summed E-state index contributed by atoms with van der Waals surface area (Å²) in [5, 5.41) is 9.58. The zero-order valence-electron chi connectivity index (χ0n) is 7.04. The van der Waals surface area contributed by atoms with E-state index >= 15 is 0 Å². The highest BCUT2D eigenvalue weighted by molar-refractivity contribution is 5.59. The summed E-state index contributed by atoms with van der Waals surface area (Å²) in [5.74, 6) is 0.261. The molecular weight excluding hydrogens is 152 g/mol. The zero-order chi connectivity index (χ0) is 8.72. The van der Waals surface area contributed by atoms with Gasteiger partial charge in [-0.05, 0) is 18.7 Å². The highest BCUT2D eigenvalue weighted by atomic mass is 16.3. The van der Waals surface area contributed by atoms with Gasteiger partial charge in [0.15, 0.2) is 0 Å². The van der Waals surface area contributed by atoms with E-state index in [1.165, 1.54) is 5.56 Å². The molecule has 0 saturated carbocycles. The number of nitrogens with two attached hydrogens (primary N) is 1. The number of aromatic hydroxyl groups is 1. The fraction of sp³-hybridized carbons (Fsp3) is 0.333. The molecule has 3 heteroatoms. The van der Waals surface area contributed by atoms with Crippen molar-refractivity contribution < 1.29 is 5.11 Å². The minimum absolute atomic E-state index is 0.261. The van der Waals surface area contributed by atoms with Crippen molar-refractivity contribution in [3.05, 3.63) is 23.3 Å². The molecule has 0 atom stereocenters. The molecule has 1 aliphatic heterocycles. The second kappa shape index (κ2) is 2.38. The molecule has 64 valence electrons. The number of phenolic OH excluding ortho intramolecular Hbond substituents is 1. The van der Waals surface area contributed by atoms with E-state index in [4.69, 9.17) is 5.73 Å². The molecule has 0 aliphatic carbocycles. The van der Waals surface area contributed by atoms with Crippen molar-refractivity contribution in [2.75, 3.05) is 12.8 Å². The second-order valence-corrected chi connectivity index (χ2v) is 3.31. The monoisotopic (exact) mass is 164 g/mol. The number of benzene rings is 1. The molecule has 1 aromatic carbocycles. The summed E-state index contributed by atoms with van der Waals surface area (Å²) < 4.78 is 0. The first kappa shape index (κ1) is 7.43. The number of anilines is 1. The second-order valence-electron chi connectivity index (χ2n) is 3.31. The van der Waals surface area contributed by atoms with Crippen LogP contribution in [0.4, 0.5) is 5.69 Å². The fourth-order valence-corrected chi connectivity index (χ4v) is 1.64. The van der Waals surface area contributed by atoms with E-state index in [1.807, 2.05) is 13.1 Å². The minimum atomic E-state index is 0.261. The van der Waals surface area contributed by atoms with E-state index in [0.717, 1.165) is 18.7 Å². The highest BCUT2D eigenvalue weighted by Crippen LogP contribution is 2.33. The van der Waals surface area contributed by atoms with Crippen LogP contribution in [0, 0.1) is 0 Å². The van der Waals surface area contributed by atoms with Gasteiger partial charge in [0, 0.05) is 18.7 Å².